The Labute approximate surface area is 115 Å². The highest BCUT2D eigenvalue weighted by Crippen LogP contribution is 2.33. The molecule has 100 valence electrons. The number of benzene rings is 1. The van der Waals surface area contributed by atoms with E-state index in [1.165, 1.54) is 11.1 Å². The molecule has 1 N–H and O–H groups in total. The fraction of sp³-hybridized carbons (Fsp3) is 0.600. The molecule has 0 amide bonds. The maximum atomic E-state index is 6.14. The van der Waals surface area contributed by atoms with Crippen LogP contribution >= 0.6 is 11.6 Å². The van der Waals surface area contributed by atoms with Gasteiger partial charge in [-0.1, -0.05) is 11.6 Å². The quantitative estimate of drug-likeness (QED) is 0.842. The van der Waals surface area contributed by atoms with Crippen molar-refractivity contribution in [2.45, 2.75) is 45.6 Å². The first-order valence-electron chi connectivity index (χ1n) is 6.65. The maximum Gasteiger partial charge on any atom is 0.125 e. The number of nitrogens with one attached hydrogen (secondary N) is 1. The second-order valence-electron chi connectivity index (χ2n) is 5.93. The summed E-state index contributed by atoms with van der Waals surface area (Å²) < 4.78 is 5.70. The molecule has 0 aromatic heterocycles. The van der Waals surface area contributed by atoms with E-state index in [1.54, 1.807) is 0 Å². The molecule has 0 radical (unpaired) electrons. The minimum Gasteiger partial charge on any atom is -0.493 e. The van der Waals surface area contributed by atoms with Crippen molar-refractivity contribution in [1.82, 2.24) is 5.32 Å². The average Bonchev–Trinajstić information content (AvgIpc) is 2.70. The van der Waals surface area contributed by atoms with Crippen molar-refractivity contribution in [3.63, 3.8) is 0 Å². The molecule has 0 bridgehead atoms. The lowest BCUT2D eigenvalue weighted by molar-refractivity contribution is 0.352. The summed E-state index contributed by atoms with van der Waals surface area (Å²) in [6, 6.07) is 4.07. The molecule has 0 fully saturated rings. The minimum atomic E-state index is 0.187. The number of rotatable bonds is 4. The van der Waals surface area contributed by atoms with Crippen LogP contribution < -0.4 is 10.1 Å². The Hall–Kier alpha value is -0.730. The van der Waals surface area contributed by atoms with Crippen LogP contribution in [0.3, 0.4) is 0 Å². The summed E-state index contributed by atoms with van der Waals surface area (Å²) in [5, 5.41) is 4.33. The van der Waals surface area contributed by atoms with Crippen molar-refractivity contribution in [2.24, 2.45) is 0 Å². The molecule has 1 aromatic carbocycles. The van der Waals surface area contributed by atoms with Gasteiger partial charge in [-0.25, -0.2) is 0 Å². The summed E-state index contributed by atoms with van der Waals surface area (Å²) >= 11 is 6.14. The zero-order valence-electron chi connectivity index (χ0n) is 11.5. The predicted molar refractivity (Wildman–Crippen MR) is 76.7 cm³/mol. The number of hydrogen-bond donors (Lipinski definition) is 1. The fourth-order valence-electron chi connectivity index (χ4n) is 2.27. The van der Waals surface area contributed by atoms with E-state index in [0.29, 0.717) is 0 Å². The third-order valence-corrected chi connectivity index (χ3v) is 3.32. The van der Waals surface area contributed by atoms with E-state index in [0.717, 1.165) is 43.2 Å². The smallest absolute Gasteiger partial charge is 0.125 e. The number of fused-ring (bicyclic) bond motifs is 1. The van der Waals surface area contributed by atoms with Gasteiger partial charge in [0.2, 0.25) is 0 Å². The molecule has 1 aliphatic heterocycles. The topological polar surface area (TPSA) is 21.3 Å². The van der Waals surface area contributed by atoms with Gasteiger partial charge in [-0.2, -0.15) is 0 Å². The summed E-state index contributed by atoms with van der Waals surface area (Å²) in [5.74, 6) is 1.08. The predicted octanol–water partition coefficient (Wildman–Crippen LogP) is 3.60. The molecule has 1 heterocycles. The molecule has 2 rings (SSSR count). The number of aryl methyl sites for hydroxylation is 1. The van der Waals surface area contributed by atoms with Crippen LogP contribution in [0.2, 0.25) is 5.02 Å². The summed E-state index contributed by atoms with van der Waals surface area (Å²) in [4.78, 5) is 0. The van der Waals surface area contributed by atoms with Crippen molar-refractivity contribution in [1.29, 1.82) is 0 Å². The summed E-state index contributed by atoms with van der Waals surface area (Å²) in [6.07, 6.45) is 3.11. The van der Waals surface area contributed by atoms with Crippen molar-refractivity contribution in [3.8, 4) is 5.75 Å². The maximum absolute atomic E-state index is 6.14. The fourth-order valence-corrected chi connectivity index (χ4v) is 2.54. The standard InChI is InChI=1S/C15H22ClNO/c1-15(2,3)17-7-4-5-11-9-13(16)10-12-6-8-18-14(11)12/h9-10,17H,4-8H2,1-3H3. The summed E-state index contributed by atoms with van der Waals surface area (Å²) in [5.41, 5.74) is 2.71. The van der Waals surface area contributed by atoms with Crippen molar-refractivity contribution >= 4 is 11.6 Å². The second-order valence-corrected chi connectivity index (χ2v) is 6.37. The molecule has 3 heteroatoms. The Kier molecular flexibility index (Phi) is 4.18. The summed E-state index contributed by atoms with van der Waals surface area (Å²) in [6.45, 7) is 8.38. The van der Waals surface area contributed by atoms with E-state index in [1.807, 2.05) is 12.1 Å². The lowest BCUT2D eigenvalue weighted by Gasteiger charge is -2.20. The lowest BCUT2D eigenvalue weighted by atomic mass is 10.0. The molecule has 0 spiro atoms. The molecule has 0 atom stereocenters. The van der Waals surface area contributed by atoms with Crippen LogP contribution in [0.4, 0.5) is 0 Å². The molecule has 2 nitrogen and oxygen atoms in total. The Morgan fingerprint density at radius 2 is 2.11 bits per heavy atom. The largest absolute Gasteiger partial charge is 0.493 e. The van der Waals surface area contributed by atoms with Gasteiger partial charge >= 0.3 is 0 Å². The molecule has 0 aliphatic carbocycles. The van der Waals surface area contributed by atoms with Crippen molar-refractivity contribution in [3.05, 3.63) is 28.3 Å². The van der Waals surface area contributed by atoms with Gasteiger partial charge in [0.25, 0.3) is 0 Å². The average molecular weight is 268 g/mol. The van der Waals surface area contributed by atoms with E-state index in [2.05, 4.69) is 26.1 Å². The van der Waals surface area contributed by atoms with Crippen LogP contribution in [0.15, 0.2) is 12.1 Å². The third-order valence-electron chi connectivity index (χ3n) is 3.10. The SMILES string of the molecule is CC(C)(C)NCCCc1cc(Cl)cc2c1OCC2. The van der Waals surface area contributed by atoms with E-state index in [9.17, 15) is 0 Å². The minimum absolute atomic E-state index is 0.187. The van der Waals surface area contributed by atoms with E-state index < -0.39 is 0 Å². The van der Waals surface area contributed by atoms with Gasteiger partial charge < -0.3 is 10.1 Å². The Bertz CT molecular complexity index is 423. The van der Waals surface area contributed by atoms with Gasteiger partial charge in [-0.05, 0) is 63.4 Å². The van der Waals surface area contributed by atoms with Crippen LogP contribution in [0.1, 0.15) is 38.3 Å². The molecule has 0 saturated carbocycles. The zero-order chi connectivity index (χ0) is 13.2. The Balaban J connectivity index is 1.94. The monoisotopic (exact) mass is 267 g/mol. The molecule has 18 heavy (non-hydrogen) atoms. The highest BCUT2D eigenvalue weighted by Gasteiger charge is 2.17. The molecule has 1 aliphatic rings. The number of halogens is 1. The number of ether oxygens (including phenoxy) is 1. The molecule has 0 saturated heterocycles. The van der Waals surface area contributed by atoms with Gasteiger partial charge in [-0.15, -0.1) is 0 Å². The van der Waals surface area contributed by atoms with E-state index >= 15 is 0 Å². The highest BCUT2D eigenvalue weighted by atomic mass is 35.5. The van der Waals surface area contributed by atoms with Crippen LogP contribution in [0.5, 0.6) is 5.75 Å². The first kappa shape index (κ1) is 13.7. The van der Waals surface area contributed by atoms with Gasteiger partial charge in [0, 0.05) is 17.0 Å². The Morgan fingerprint density at radius 3 is 2.83 bits per heavy atom. The number of hydrogen-bond acceptors (Lipinski definition) is 2. The zero-order valence-corrected chi connectivity index (χ0v) is 12.2. The van der Waals surface area contributed by atoms with Gasteiger partial charge in [0.05, 0.1) is 6.61 Å². The molecular formula is C15H22ClNO. The van der Waals surface area contributed by atoms with Crippen LogP contribution in [-0.4, -0.2) is 18.7 Å². The highest BCUT2D eigenvalue weighted by molar-refractivity contribution is 6.30. The van der Waals surface area contributed by atoms with Gasteiger partial charge in [-0.3, -0.25) is 0 Å². The first-order valence-corrected chi connectivity index (χ1v) is 7.03. The first-order chi connectivity index (χ1) is 8.46. The van der Waals surface area contributed by atoms with Gasteiger partial charge in [0.15, 0.2) is 0 Å². The van der Waals surface area contributed by atoms with Crippen LogP contribution in [0.25, 0.3) is 0 Å². The summed E-state index contributed by atoms with van der Waals surface area (Å²) in [7, 11) is 0. The van der Waals surface area contributed by atoms with Crippen LogP contribution in [-0.2, 0) is 12.8 Å². The van der Waals surface area contributed by atoms with Gasteiger partial charge in [0.1, 0.15) is 5.75 Å². The molecule has 0 unspecified atom stereocenters. The van der Waals surface area contributed by atoms with E-state index in [-0.39, 0.29) is 5.54 Å². The van der Waals surface area contributed by atoms with Crippen molar-refractivity contribution in [2.75, 3.05) is 13.2 Å². The Morgan fingerprint density at radius 1 is 1.33 bits per heavy atom. The normalized spacial score (nSPS) is 14.4. The van der Waals surface area contributed by atoms with E-state index in [4.69, 9.17) is 16.3 Å². The second kappa shape index (κ2) is 5.50. The lowest BCUT2D eigenvalue weighted by Crippen LogP contribution is -2.36. The molecule has 1 aromatic rings. The molecular weight excluding hydrogens is 246 g/mol. The third kappa shape index (κ3) is 3.63. The van der Waals surface area contributed by atoms with Crippen molar-refractivity contribution < 1.29 is 4.74 Å². The van der Waals surface area contributed by atoms with Crippen LogP contribution in [0, 0.1) is 0 Å².